The van der Waals surface area contributed by atoms with E-state index < -0.39 is 17.5 Å². The molecule has 1 saturated heterocycles. The third-order valence-electron chi connectivity index (χ3n) is 4.56. The minimum atomic E-state index is -0.739. The molecular formula is C19H25ClN2O3. The number of carbonyl (C=O) groups excluding carboxylic acids is 3. The minimum Gasteiger partial charge on any atom is -0.340 e. The van der Waals surface area contributed by atoms with Gasteiger partial charge in [-0.15, -0.1) is 0 Å². The van der Waals surface area contributed by atoms with Gasteiger partial charge in [0, 0.05) is 6.54 Å². The summed E-state index contributed by atoms with van der Waals surface area (Å²) in [5, 5.41) is 3.21. The van der Waals surface area contributed by atoms with Crippen molar-refractivity contribution < 1.29 is 14.4 Å². The van der Waals surface area contributed by atoms with Crippen molar-refractivity contribution in [3.63, 3.8) is 0 Å². The number of nitrogens with one attached hydrogen (secondary N) is 1. The number of nitrogens with zero attached hydrogens (tertiary/aromatic N) is 1. The Labute approximate surface area is 153 Å². The van der Waals surface area contributed by atoms with Crippen LogP contribution in [0.2, 0.25) is 5.02 Å². The number of amides is 2. The van der Waals surface area contributed by atoms with E-state index in [-0.39, 0.29) is 11.8 Å². The van der Waals surface area contributed by atoms with Gasteiger partial charge in [0.2, 0.25) is 5.91 Å². The summed E-state index contributed by atoms with van der Waals surface area (Å²) in [5.74, 6) is -0.608. The molecular weight excluding hydrogens is 340 g/mol. The van der Waals surface area contributed by atoms with Crippen LogP contribution in [0.5, 0.6) is 0 Å². The number of benzene rings is 1. The Bertz CT molecular complexity index is 682. The second-order valence-electron chi connectivity index (χ2n) is 7.59. The molecule has 2 atom stereocenters. The predicted molar refractivity (Wildman–Crippen MR) is 97.7 cm³/mol. The highest BCUT2D eigenvalue weighted by Crippen LogP contribution is 2.26. The first-order valence-corrected chi connectivity index (χ1v) is 8.86. The summed E-state index contributed by atoms with van der Waals surface area (Å²) in [6, 6.07) is 4.07. The van der Waals surface area contributed by atoms with E-state index in [9.17, 15) is 14.4 Å². The lowest BCUT2D eigenvalue weighted by Gasteiger charge is -2.34. The van der Waals surface area contributed by atoms with E-state index in [4.69, 9.17) is 11.6 Å². The fourth-order valence-electron chi connectivity index (χ4n) is 3.05. The van der Waals surface area contributed by atoms with Crippen molar-refractivity contribution in [2.45, 2.75) is 52.6 Å². The fourth-order valence-corrected chi connectivity index (χ4v) is 3.27. The third kappa shape index (κ3) is 4.21. The molecule has 1 aliphatic rings. The topological polar surface area (TPSA) is 66.5 Å². The molecule has 0 unspecified atom stereocenters. The first-order chi connectivity index (χ1) is 11.7. The van der Waals surface area contributed by atoms with E-state index in [2.05, 4.69) is 5.32 Å². The van der Waals surface area contributed by atoms with Crippen molar-refractivity contribution in [1.82, 2.24) is 10.2 Å². The SMILES string of the molecule is Cc1cccc(C(=O)N[C@H](C(=O)N2CCC[C@H]2C=O)C(C)(C)C)c1Cl. The molecule has 0 aromatic heterocycles. The lowest BCUT2D eigenvalue weighted by atomic mass is 9.85. The molecule has 1 N–H and O–H groups in total. The van der Waals surface area contributed by atoms with Crippen LogP contribution in [0.15, 0.2) is 18.2 Å². The molecule has 0 spiro atoms. The van der Waals surface area contributed by atoms with Gasteiger partial charge in [0.05, 0.1) is 16.6 Å². The molecule has 136 valence electrons. The van der Waals surface area contributed by atoms with Crippen LogP contribution < -0.4 is 5.32 Å². The zero-order chi connectivity index (χ0) is 18.8. The molecule has 1 aromatic carbocycles. The number of aldehydes is 1. The van der Waals surface area contributed by atoms with E-state index in [0.717, 1.165) is 18.3 Å². The van der Waals surface area contributed by atoms with Gasteiger partial charge in [-0.2, -0.15) is 0 Å². The number of aryl methyl sites for hydroxylation is 1. The van der Waals surface area contributed by atoms with Gasteiger partial charge in [0.25, 0.3) is 5.91 Å². The van der Waals surface area contributed by atoms with Crippen molar-refractivity contribution in [2.75, 3.05) is 6.54 Å². The molecule has 6 heteroatoms. The van der Waals surface area contributed by atoms with Gasteiger partial charge in [-0.05, 0) is 36.8 Å². The monoisotopic (exact) mass is 364 g/mol. The summed E-state index contributed by atoms with van der Waals surface area (Å²) >= 11 is 6.24. The van der Waals surface area contributed by atoms with E-state index in [1.807, 2.05) is 33.8 Å². The number of hydrogen-bond acceptors (Lipinski definition) is 3. The molecule has 0 saturated carbocycles. The van der Waals surface area contributed by atoms with Crippen LogP contribution in [0.1, 0.15) is 49.5 Å². The Morgan fingerprint density at radius 3 is 2.64 bits per heavy atom. The highest BCUT2D eigenvalue weighted by Gasteiger charge is 2.39. The molecule has 1 fully saturated rings. The quantitative estimate of drug-likeness (QED) is 0.835. The van der Waals surface area contributed by atoms with E-state index in [0.29, 0.717) is 23.6 Å². The fraction of sp³-hybridized carbons (Fsp3) is 0.526. The minimum absolute atomic E-state index is 0.223. The van der Waals surface area contributed by atoms with Gasteiger partial charge < -0.3 is 15.0 Å². The average molecular weight is 365 g/mol. The second-order valence-corrected chi connectivity index (χ2v) is 7.96. The van der Waals surface area contributed by atoms with Gasteiger partial charge in [-0.1, -0.05) is 44.5 Å². The third-order valence-corrected chi connectivity index (χ3v) is 5.07. The Morgan fingerprint density at radius 1 is 1.36 bits per heavy atom. The van der Waals surface area contributed by atoms with Crippen molar-refractivity contribution in [3.05, 3.63) is 34.3 Å². The maximum absolute atomic E-state index is 13.0. The first kappa shape index (κ1) is 19.4. The van der Waals surface area contributed by atoms with Crippen molar-refractivity contribution in [1.29, 1.82) is 0 Å². The number of rotatable bonds is 4. The average Bonchev–Trinajstić information content (AvgIpc) is 3.02. The predicted octanol–water partition coefficient (Wildman–Crippen LogP) is 2.98. The largest absolute Gasteiger partial charge is 0.340 e. The van der Waals surface area contributed by atoms with Crippen LogP contribution in [0, 0.1) is 12.3 Å². The Morgan fingerprint density at radius 2 is 2.04 bits per heavy atom. The Balaban J connectivity index is 2.26. The van der Waals surface area contributed by atoms with Crippen LogP contribution in [0.4, 0.5) is 0 Å². The molecule has 1 heterocycles. The summed E-state index contributed by atoms with van der Waals surface area (Å²) < 4.78 is 0. The highest BCUT2D eigenvalue weighted by molar-refractivity contribution is 6.34. The number of carbonyl (C=O) groups is 3. The first-order valence-electron chi connectivity index (χ1n) is 8.48. The van der Waals surface area contributed by atoms with Crippen LogP contribution in [0.25, 0.3) is 0 Å². The number of halogens is 1. The molecule has 1 aliphatic heterocycles. The summed E-state index contributed by atoms with van der Waals surface area (Å²) in [7, 11) is 0. The summed E-state index contributed by atoms with van der Waals surface area (Å²) in [6.45, 7) is 8.03. The molecule has 1 aromatic rings. The molecule has 0 bridgehead atoms. The molecule has 0 aliphatic carbocycles. The van der Waals surface area contributed by atoms with Gasteiger partial charge in [-0.25, -0.2) is 0 Å². The van der Waals surface area contributed by atoms with Crippen LogP contribution in [-0.4, -0.2) is 41.6 Å². The van der Waals surface area contributed by atoms with Crippen molar-refractivity contribution in [3.8, 4) is 0 Å². The standard InChI is InChI=1S/C19H25ClN2O3/c1-12-7-5-9-14(15(12)20)17(24)21-16(19(2,3)4)18(25)22-10-6-8-13(22)11-23/h5,7,9,11,13,16H,6,8,10H2,1-4H3,(H,21,24)/t13-,16+/m0/s1. The second kappa shape index (κ2) is 7.56. The van der Waals surface area contributed by atoms with Gasteiger partial charge in [0.15, 0.2) is 0 Å². The van der Waals surface area contributed by atoms with Crippen LogP contribution >= 0.6 is 11.6 Å². The van der Waals surface area contributed by atoms with Crippen LogP contribution in [-0.2, 0) is 9.59 Å². The highest BCUT2D eigenvalue weighted by atomic mass is 35.5. The molecule has 2 amide bonds. The van der Waals surface area contributed by atoms with E-state index in [1.54, 1.807) is 17.0 Å². The van der Waals surface area contributed by atoms with Gasteiger partial charge in [0.1, 0.15) is 12.3 Å². The zero-order valence-corrected chi connectivity index (χ0v) is 15.9. The summed E-state index contributed by atoms with van der Waals surface area (Å²) in [6.07, 6.45) is 2.28. The number of hydrogen-bond donors (Lipinski definition) is 1. The zero-order valence-electron chi connectivity index (χ0n) is 15.1. The van der Waals surface area contributed by atoms with Crippen molar-refractivity contribution >= 4 is 29.7 Å². The Kier molecular flexibility index (Phi) is 5.88. The smallest absolute Gasteiger partial charge is 0.253 e. The van der Waals surface area contributed by atoms with E-state index in [1.165, 1.54) is 0 Å². The van der Waals surface area contributed by atoms with Crippen LogP contribution in [0.3, 0.4) is 0 Å². The lowest BCUT2D eigenvalue weighted by molar-refractivity contribution is -0.138. The maximum atomic E-state index is 13.0. The molecule has 5 nitrogen and oxygen atoms in total. The lowest BCUT2D eigenvalue weighted by Crippen LogP contribution is -2.56. The molecule has 2 rings (SSSR count). The number of likely N-dealkylation sites (tertiary alicyclic amines) is 1. The van der Waals surface area contributed by atoms with Crippen molar-refractivity contribution in [2.24, 2.45) is 5.41 Å². The Hall–Kier alpha value is -1.88. The molecule has 25 heavy (non-hydrogen) atoms. The van der Waals surface area contributed by atoms with Gasteiger partial charge >= 0.3 is 0 Å². The normalized spacial score (nSPS) is 18.8. The summed E-state index contributed by atoms with van der Waals surface area (Å²) in [5.41, 5.74) is 0.643. The summed E-state index contributed by atoms with van der Waals surface area (Å²) in [4.78, 5) is 38.5. The van der Waals surface area contributed by atoms with E-state index >= 15 is 0 Å². The maximum Gasteiger partial charge on any atom is 0.253 e. The molecule has 0 radical (unpaired) electrons. The van der Waals surface area contributed by atoms with Gasteiger partial charge in [-0.3, -0.25) is 9.59 Å².